The van der Waals surface area contributed by atoms with Crippen molar-refractivity contribution in [1.29, 1.82) is 0 Å². The number of hydrogen-bond donors (Lipinski definition) is 0. The average Bonchev–Trinajstić information content (AvgIpc) is 2.52. The third-order valence-electron chi connectivity index (χ3n) is 4.35. The van der Waals surface area contributed by atoms with Crippen molar-refractivity contribution in [3.05, 3.63) is 29.8 Å². The van der Waals surface area contributed by atoms with E-state index in [1.54, 1.807) is 24.8 Å². The van der Waals surface area contributed by atoms with Gasteiger partial charge in [-0.15, -0.1) is 0 Å². The molecule has 1 fully saturated rings. The first kappa shape index (κ1) is 18.8. The lowest BCUT2D eigenvalue weighted by Crippen LogP contribution is -2.48. The normalized spacial score (nSPS) is 20.6. The Morgan fingerprint density at radius 3 is 2.54 bits per heavy atom. The van der Waals surface area contributed by atoms with Crippen molar-refractivity contribution >= 4 is 21.4 Å². The first-order valence-corrected chi connectivity index (χ1v) is 9.63. The number of likely N-dealkylation sites (N-methyl/N-ethyl adjacent to an activating group) is 1. The molecular formula is C17H20F2N2O4S. The van der Waals surface area contributed by atoms with Crippen LogP contribution >= 0.6 is 0 Å². The van der Waals surface area contributed by atoms with E-state index in [1.807, 2.05) is 11.9 Å². The Morgan fingerprint density at radius 1 is 1.23 bits per heavy atom. The molecule has 0 spiro atoms. The lowest BCUT2D eigenvalue weighted by atomic mass is 9.97. The number of piperazine rings is 1. The van der Waals surface area contributed by atoms with Gasteiger partial charge in [-0.3, -0.25) is 9.69 Å². The number of amides is 1. The molecule has 0 aliphatic carbocycles. The maximum Gasteiger partial charge on any atom is 0.341 e. The number of sulfone groups is 1. The van der Waals surface area contributed by atoms with Gasteiger partial charge in [-0.05, 0) is 45.2 Å². The van der Waals surface area contributed by atoms with Crippen LogP contribution < -0.4 is 4.74 Å². The molecule has 1 amide bonds. The number of alkyl halides is 2. The molecule has 0 aromatic heterocycles. The predicted octanol–water partition coefficient (Wildman–Crippen LogP) is 1.97. The molecule has 1 aromatic rings. The van der Waals surface area contributed by atoms with Crippen LogP contribution in [-0.2, 0) is 14.6 Å². The highest BCUT2D eigenvalue weighted by atomic mass is 32.2. The van der Waals surface area contributed by atoms with Crippen LogP contribution in [0.4, 0.5) is 8.78 Å². The number of carbonyl (C=O) groups is 1. The molecule has 26 heavy (non-hydrogen) atoms. The van der Waals surface area contributed by atoms with Crippen molar-refractivity contribution in [1.82, 2.24) is 9.80 Å². The van der Waals surface area contributed by atoms with Crippen LogP contribution in [0.3, 0.4) is 0 Å². The van der Waals surface area contributed by atoms with Crippen LogP contribution in [0.25, 0.3) is 5.70 Å². The molecule has 1 saturated heterocycles. The number of benzene rings is 1. The summed E-state index contributed by atoms with van der Waals surface area (Å²) >= 11 is 0. The van der Waals surface area contributed by atoms with Gasteiger partial charge in [-0.25, -0.2) is 8.42 Å². The summed E-state index contributed by atoms with van der Waals surface area (Å²) in [6.07, 6.45) is 1.72. The highest BCUT2D eigenvalue weighted by Crippen LogP contribution is 2.40. The highest BCUT2D eigenvalue weighted by molar-refractivity contribution is 7.91. The van der Waals surface area contributed by atoms with Crippen molar-refractivity contribution in [3.8, 4) is 5.75 Å². The molecule has 0 unspecified atom stereocenters. The van der Waals surface area contributed by atoms with E-state index >= 15 is 0 Å². The lowest BCUT2D eigenvalue weighted by Gasteiger charge is -2.39. The average molecular weight is 386 g/mol. The first-order valence-electron chi connectivity index (χ1n) is 8.08. The molecule has 2 aliphatic heterocycles. The Hall–Kier alpha value is -2.00. The largest absolute Gasteiger partial charge is 0.483 e. The summed E-state index contributed by atoms with van der Waals surface area (Å²) in [5, 5.41) is 0. The van der Waals surface area contributed by atoms with Gasteiger partial charge in [-0.2, -0.15) is 8.78 Å². The van der Waals surface area contributed by atoms with Gasteiger partial charge >= 0.3 is 5.76 Å². The van der Waals surface area contributed by atoms with Gasteiger partial charge in [0, 0.05) is 18.7 Å². The zero-order chi connectivity index (χ0) is 19.3. The number of fused-ring (bicyclic) bond motifs is 1. The van der Waals surface area contributed by atoms with Crippen molar-refractivity contribution < 1.29 is 26.7 Å². The number of ether oxygens (including phenoxy) is 1. The molecule has 2 heterocycles. The summed E-state index contributed by atoms with van der Waals surface area (Å²) in [6, 6.07) is 3.62. The Labute approximate surface area is 150 Å². The van der Waals surface area contributed by atoms with Crippen LogP contribution in [0.1, 0.15) is 19.4 Å². The maximum absolute atomic E-state index is 12.9. The molecule has 0 radical (unpaired) electrons. The van der Waals surface area contributed by atoms with Gasteiger partial charge in [0.15, 0.2) is 0 Å². The second-order valence-electron chi connectivity index (χ2n) is 6.98. The minimum Gasteiger partial charge on any atom is -0.483 e. The molecule has 0 saturated carbocycles. The number of halogens is 2. The molecular weight excluding hydrogens is 366 g/mol. The Balaban J connectivity index is 2.11. The summed E-state index contributed by atoms with van der Waals surface area (Å²) in [7, 11) is -2.91. The van der Waals surface area contributed by atoms with Crippen molar-refractivity contribution in [2.75, 3.05) is 26.7 Å². The minimum absolute atomic E-state index is 0.143. The fraction of sp³-hybridized carbons (Fsp3) is 0.471. The van der Waals surface area contributed by atoms with Crippen molar-refractivity contribution in [2.45, 2.75) is 30.1 Å². The van der Waals surface area contributed by atoms with E-state index in [1.165, 1.54) is 6.07 Å². The van der Waals surface area contributed by atoms with E-state index in [-0.39, 0.29) is 12.5 Å². The fourth-order valence-electron chi connectivity index (χ4n) is 3.07. The quantitative estimate of drug-likeness (QED) is 0.795. The second kappa shape index (κ2) is 6.31. The van der Waals surface area contributed by atoms with Gasteiger partial charge < -0.3 is 9.64 Å². The zero-order valence-electron chi connectivity index (χ0n) is 14.7. The summed E-state index contributed by atoms with van der Waals surface area (Å²) < 4.78 is 55.3. The van der Waals surface area contributed by atoms with Crippen molar-refractivity contribution in [3.63, 3.8) is 0 Å². The highest BCUT2D eigenvalue weighted by Gasteiger charge is 2.35. The smallest absolute Gasteiger partial charge is 0.341 e. The summed E-state index contributed by atoms with van der Waals surface area (Å²) in [6.45, 7) is 4.90. The van der Waals surface area contributed by atoms with E-state index in [2.05, 4.69) is 0 Å². The summed E-state index contributed by atoms with van der Waals surface area (Å²) in [5.74, 6) is -3.30. The van der Waals surface area contributed by atoms with Gasteiger partial charge in [-0.1, -0.05) is 0 Å². The number of hydrogen-bond acceptors (Lipinski definition) is 5. The van der Waals surface area contributed by atoms with Crippen LogP contribution in [0.15, 0.2) is 29.2 Å². The molecule has 0 bridgehead atoms. The Morgan fingerprint density at radius 2 is 1.92 bits per heavy atom. The Kier molecular flexibility index (Phi) is 4.56. The molecule has 142 valence electrons. The van der Waals surface area contributed by atoms with Gasteiger partial charge in [0.05, 0.1) is 17.1 Å². The lowest BCUT2D eigenvalue weighted by molar-refractivity contribution is -0.131. The van der Waals surface area contributed by atoms with Crippen LogP contribution in [-0.4, -0.2) is 62.2 Å². The molecule has 2 aliphatic rings. The van der Waals surface area contributed by atoms with E-state index in [0.29, 0.717) is 30.1 Å². The van der Waals surface area contributed by atoms with Gasteiger partial charge in [0.2, 0.25) is 15.7 Å². The van der Waals surface area contributed by atoms with E-state index in [9.17, 15) is 22.0 Å². The topological polar surface area (TPSA) is 66.9 Å². The minimum atomic E-state index is -4.74. The van der Waals surface area contributed by atoms with Crippen LogP contribution in [0.2, 0.25) is 0 Å². The van der Waals surface area contributed by atoms with Gasteiger partial charge in [0.1, 0.15) is 11.4 Å². The molecule has 0 N–H and O–H groups in total. The van der Waals surface area contributed by atoms with Gasteiger partial charge in [0.25, 0.3) is 0 Å². The number of rotatable bonds is 3. The standard InChI is InChI=1S/C17H20F2N2O4S/c1-17(2)9-13(21-7-6-20(3)10-15(21)22)12-8-11(4-5-14(12)25-17)26(23,24)16(18)19/h4-5,8-9,16H,6-7,10H2,1-3H3. The van der Waals surface area contributed by atoms with E-state index in [0.717, 1.165) is 12.1 Å². The summed E-state index contributed by atoms with van der Waals surface area (Å²) in [4.78, 5) is 15.4. The third-order valence-corrected chi connectivity index (χ3v) is 5.73. The maximum atomic E-state index is 12.9. The van der Waals surface area contributed by atoms with E-state index < -0.39 is 26.1 Å². The first-order chi connectivity index (χ1) is 12.0. The number of nitrogens with zero attached hydrogens (tertiary/aromatic N) is 2. The monoisotopic (exact) mass is 386 g/mol. The predicted molar refractivity (Wildman–Crippen MR) is 91.5 cm³/mol. The molecule has 9 heteroatoms. The number of carbonyl (C=O) groups excluding carboxylic acids is 1. The zero-order valence-corrected chi connectivity index (χ0v) is 15.5. The van der Waals surface area contributed by atoms with Crippen LogP contribution in [0, 0.1) is 0 Å². The van der Waals surface area contributed by atoms with Crippen LogP contribution in [0.5, 0.6) is 5.75 Å². The molecule has 0 atom stereocenters. The van der Waals surface area contributed by atoms with E-state index in [4.69, 9.17) is 4.74 Å². The molecule has 6 nitrogen and oxygen atoms in total. The Bertz CT molecular complexity index is 881. The molecule has 1 aromatic carbocycles. The SMILES string of the molecule is CN1CCN(C2=CC(C)(C)Oc3ccc(S(=O)(=O)C(F)F)cc32)C(=O)C1. The summed E-state index contributed by atoms with van der Waals surface area (Å²) in [5.41, 5.74) is 0.0827. The third kappa shape index (κ3) is 3.33. The second-order valence-corrected chi connectivity index (χ2v) is 8.90. The van der Waals surface area contributed by atoms with Crippen molar-refractivity contribution in [2.24, 2.45) is 0 Å². The fourth-order valence-corrected chi connectivity index (χ4v) is 3.81. The molecule has 3 rings (SSSR count).